The minimum atomic E-state index is -0.857. The highest BCUT2D eigenvalue weighted by Crippen LogP contribution is 2.51. The second-order valence-electron chi connectivity index (χ2n) is 15.5. The van der Waals surface area contributed by atoms with Crippen molar-refractivity contribution >= 4 is 66.4 Å². The van der Waals surface area contributed by atoms with Crippen molar-refractivity contribution < 1.29 is 17.6 Å². The maximum atomic E-state index is 16.8. The van der Waals surface area contributed by atoms with Crippen LogP contribution in [0.15, 0.2) is 170 Å². The molecule has 0 spiro atoms. The van der Waals surface area contributed by atoms with Crippen LogP contribution in [-0.4, -0.2) is 0 Å². The van der Waals surface area contributed by atoms with Gasteiger partial charge in [-0.2, -0.15) is 21.0 Å². The zero-order valence-electron chi connectivity index (χ0n) is 34.4. The van der Waals surface area contributed by atoms with E-state index < -0.39 is 23.3 Å². The van der Waals surface area contributed by atoms with Gasteiger partial charge in [-0.15, -0.1) is 0 Å². The van der Waals surface area contributed by atoms with Crippen LogP contribution in [0.2, 0.25) is 0 Å². The number of nitrogens with zero attached hydrogens (tertiary/aromatic N) is 6. The van der Waals surface area contributed by atoms with Gasteiger partial charge in [-0.25, -0.2) is 17.6 Å². The summed E-state index contributed by atoms with van der Waals surface area (Å²) < 4.78 is 64.2. The number of anilines is 6. The van der Waals surface area contributed by atoms with Crippen molar-refractivity contribution in [3.63, 3.8) is 0 Å². The topological polar surface area (TPSA) is 102 Å². The van der Waals surface area contributed by atoms with Gasteiger partial charge in [-0.05, 0) is 130 Å². The summed E-state index contributed by atoms with van der Waals surface area (Å²) in [6.07, 6.45) is 0. The fraction of sp³-hybridized carbons (Fsp3) is 0. The molecule has 0 bridgehead atoms. The second kappa shape index (κ2) is 16.3. The van der Waals surface area contributed by atoms with Gasteiger partial charge in [0, 0.05) is 45.4 Å². The van der Waals surface area contributed by atoms with Crippen molar-refractivity contribution in [1.29, 1.82) is 21.0 Å². The van der Waals surface area contributed by atoms with Crippen molar-refractivity contribution in [1.82, 2.24) is 0 Å². The van der Waals surface area contributed by atoms with Gasteiger partial charge in [-0.3, -0.25) is 0 Å². The molecule has 0 unspecified atom stereocenters. The molecular weight excluding hydrogens is 833 g/mol. The fourth-order valence-electron chi connectivity index (χ4n) is 8.78. The maximum absolute atomic E-state index is 16.8. The van der Waals surface area contributed by atoms with Crippen LogP contribution in [0.5, 0.6) is 0 Å². The lowest BCUT2D eigenvalue weighted by Crippen LogP contribution is -2.15. The Hall–Kier alpha value is -9.48. The van der Waals surface area contributed by atoms with E-state index >= 15 is 17.6 Å². The molecule has 10 aromatic carbocycles. The molecule has 0 heterocycles. The smallest absolute Gasteiger partial charge is 0.150 e. The van der Waals surface area contributed by atoms with Gasteiger partial charge in [0.15, 0.2) is 11.6 Å². The first-order chi connectivity index (χ1) is 32.2. The Morgan fingerprint density at radius 2 is 0.667 bits per heavy atom. The number of rotatable bonds is 8. The Labute approximate surface area is 375 Å². The zero-order chi connectivity index (χ0) is 45.6. The number of hydrogen-bond acceptors (Lipinski definition) is 6. The highest BCUT2D eigenvalue weighted by molar-refractivity contribution is 6.28. The van der Waals surface area contributed by atoms with E-state index in [-0.39, 0.29) is 22.5 Å². The standard InChI is InChI=1S/C56H28F4N6/c57-41-25-47(37-9-1-33(29-61)2-10-37)55(49(59)27-41)65(43-17-5-35(31-63)6-18-43)51-23-15-39-14-22-46-52(24-16-40-13-21-45(51)53(39)54(40)46)66(44-19-7-36(32-64)8-20-44)56-48(26-42(58)28-50(56)60)38-11-3-34(30-62)4-12-38/h1-28H. The molecule has 10 heteroatoms. The van der Waals surface area contributed by atoms with Crippen molar-refractivity contribution in [3.05, 3.63) is 215 Å². The largest absolute Gasteiger partial charge is 0.307 e. The van der Waals surface area contributed by atoms with Gasteiger partial charge in [0.2, 0.25) is 0 Å². The zero-order valence-corrected chi connectivity index (χ0v) is 34.4. The van der Waals surface area contributed by atoms with Gasteiger partial charge in [0.05, 0.1) is 69.3 Å². The normalized spacial score (nSPS) is 11.0. The average molecular weight is 861 g/mol. The molecule has 0 saturated carbocycles. The van der Waals surface area contributed by atoms with E-state index in [1.54, 1.807) is 107 Å². The van der Waals surface area contributed by atoms with Crippen molar-refractivity contribution in [2.24, 2.45) is 0 Å². The SMILES string of the molecule is N#Cc1ccc(-c2cc(F)cc(F)c2N(c2ccc(C#N)cc2)c2ccc3ccc4c(N(c5ccc(C#N)cc5)c5c(F)cc(F)cc5-c5ccc(C#N)cc5)ccc5ccc2c3c54)cc1. The van der Waals surface area contributed by atoms with Crippen LogP contribution in [0, 0.1) is 68.6 Å². The summed E-state index contributed by atoms with van der Waals surface area (Å²) >= 11 is 0. The lowest BCUT2D eigenvalue weighted by atomic mass is 9.91. The minimum Gasteiger partial charge on any atom is -0.307 e. The quantitative estimate of drug-likeness (QED) is 0.111. The third-order valence-electron chi connectivity index (χ3n) is 11.8. The van der Waals surface area contributed by atoms with Crippen LogP contribution < -0.4 is 9.80 Å². The molecule has 0 aliphatic rings. The molecule has 0 atom stereocenters. The molecule has 0 saturated heterocycles. The number of halogens is 4. The van der Waals surface area contributed by atoms with Crippen molar-refractivity contribution in [2.75, 3.05) is 9.80 Å². The number of hydrogen-bond donors (Lipinski definition) is 0. The Morgan fingerprint density at radius 1 is 0.348 bits per heavy atom. The molecular formula is C56H28F4N6. The van der Waals surface area contributed by atoms with Gasteiger partial charge in [-0.1, -0.05) is 60.7 Å². The van der Waals surface area contributed by atoms with Crippen LogP contribution in [-0.2, 0) is 0 Å². The van der Waals surface area contributed by atoms with E-state index in [0.29, 0.717) is 66.9 Å². The predicted octanol–water partition coefficient (Wildman–Crippen LogP) is 14.9. The molecule has 0 amide bonds. The summed E-state index contributed by atoms with van der Waals surface area (Å²) in [6.45, 7) is 0. The molecule has 0 N–H and O–H groups in total. The molecule has 0 aliphatic carbocycles. The van der Waals surface area contributed by atoms with E-state index in [9.17, 15) is 21.0 Å². The van der Waals surface area contributed by atoms with Crippen LogP contribution in [0.4, 0.5) is 51.7 Å². The Kier molecular flexibility index (Phi) is 10.0. The minimum absolute atomic E-state index is 0.0237. The summed E-state index contributed by atoms with van der Waals surface area (Å²) in [5, 5.41) is 43.0. The molecule has 66 heavy (non-hydrogen) atoms. The van der Waals surface area contributed by atoms with Crippen LogP contribution in [0.1, 0.15) is 22.3 Å². The highest BCUT2D eigenvalue weighted by Gasteiger charge is 2.28. The summed E-state index contributed by atoms with van der Waals surface area (Å²) in [7, 11) is 0. The first kappa shape index (κ1) is 40.6. The fourth-order valence-corrected chi connectivity index (χ4v) is 8.78. The lowest BCUT2D eigenvalue weighted by molar-refractivity contribution is 0.584. The molecule has 10 rings (SSSR count). The summed E-state index contributed by atoms with van der Waals surface area (Å²) in [5.41, 5.74) is 4.87. The number of benzene rings is 10. The van der Waals surface area contributed by atoms with Gasteiger partial charge in [0.25, 0.3) is 0 Å². The van der Waals surface area contributed by atoms with E-state index in [1.165, 1.54) is 12.1 Å². The van der Waals surface area contributed by atoms with E-state index in [1.807, 2.05) is 48.5 Å². The molecule has 10 aromatic rings. The summed E-state index contributed by atoms with van der Waals surface area (Å²) in [6, 6.07) is 53.9. The van der Waals surface area contributed by atoms with Gasteiger partial charge < -0.3 is 9.80 Å². The highest BCUT2D eigenvalue weighted by atomic mass is 19.1. The average Bonchev–Trinajstić information content (AvgIpc) is 3.35. The van der Waals surface area contributed by atoms with Crippen LogP contribution >= 0.6 is 0 Å². The number of nitriles is 4. The van der Waals surface area contributed by atoms with E-state index in [4.69, 9.17) is 0 Å². The lowest BCUT2D eigenvalue weighted by Gasteiger charge is -2.31. The van der Waals surface area contributed by atoms with E-state index in [0.717, 1.165) is 33.7 Å². The predicted molar refractivity (Wildman–Crippen MR) is 249 cm³/mol. The Morgan fingerprint density at radius 3 is 1.00 bits per heavy atom. The molecule has 6 nitrogen and oxygen atoms in total. The maximum Gasteiger partial charge on any atom is 0.150 e. The van der Waals surface area contributed by atoms with Crippen LogP contribution in [0.25, 0.3) is 54.6 Å². The van der Waals surface area contributed by atoms with E-state index in [2.05, 4.69) is 24.3 Å². The Bertz CT molecular complexity index is 3480. The first-order valence-electron chi connectivity index (χ1n) is 20.5. The van der Waals surface area contributed by atoms with Crippen molar-refractivity contribution in [3.8, 4) is 46.5 Å². The van der Waals surface area contributed by atoms with Crippen molar-refractivity contribution in [2.45, 2.75) is 0 Å². The molecule has 310 valence electrons. The third kappa shape index (κ3) is 6.89. The summed E-state index contributed by atoms with van der Waals surface area (Å²) in [5.74, 6) is -3.32. The van der Waals surface area contributed by atoms with Gasteiger partial charge in [0.1, 0.15) is 11.6 Å². The first-order valence-corrected chi connectivity index (χ1v) is 20.5. The van der Waals surface area contributed by atoms with Gasteiger partial charge >= 0.3 is 0 Å². The molecule has 0 fully saturated rings. The molecule has 0 radical (unpaired) electrons. The second-order valence-corrected chi connectivity index (χ2v) is 15.5. The molecule has 0 aromatic heterocycles. The molecule has 0 aliphatic heterocycles. The Balaban J connectivity index is 1.26. The third-order valence-corrected chi connectivity index (χ3v) is 11.8. The van der Waals surface area contributed by atoms with Crippen LogP contribution in [0.3, 0.4) is 0 Å². The summed E-state index contributed by atoms with van der Waals surface area (Å²) in [4.78, 5) is 3.38. The monoisotopic (exact) mass is 860 g/mol.